The van der Waals surface area contributed by atoms with Crippen LogP contribution < -0.4 is 10.6 Å². The van der Waals surface area contributed by atoms with Crippen LogP contribution in [-0.2, 0) is 9.47 Å². The molecule has 0 amide bonds. The van der Waals surface area contributed by atoms with Gasteiger partial charge in [-0.25, -0.2) is 0 Å². The summed E-state index contributed by atoms with van der Waals surface area (Å²) in [5, 5.41) is 6.40. The zero-order chi connectivity index (χ0) is 13.5. The summed E-state index contributed by atoms with van der Waals surface area (Å²) in [5.74, 6) is 0.850. The fourth-order valence-corrected chi connectivity index (χ4v) is 1.32. The van der Waals surface area contributed by atoms with Crippen LogP contribution in [0.3, 0.4) is 0 Å². The van der Waals surface area contributed by atoms with E-state index >= 15 is 0 Å². The number of hydrogen-bond donors (Lipinski definition) is 2. The number of halogens is 1. The molecule has 0 saturated heterocycles. The van der Waals surface area contributed by atoms with Crippen LogP contribution in [0.2, 0.25) is 0 Å². The minimum Gasteiger partial charge on any atom is -0.383 e. The van der Waals surface area contributed by atoms with Crippen molar-refractivity contribution in [1.82, 2.24) is 10.6 Å². The molecule has 19 heavy (non-hydrogen) atoms. The van der Waals surface area contributed by atoms with E-state index in [0.29, 0.717) is 6.61 Å². The first-order chi connectivity index (χ1) is 8.85. The molecule has 0 saturated carbocycles. The Kier molecular flexibility index (Phi) is 20.0. The van der Waals surface area contributed by atoms with Crippen molar-refractivity contribution in [3.8, 4) is 0 Å². The molecule has 0 fully saturated rings. The SMILES string of the molecule is CCCCOCCCN=C(NCC)NCCOC.I. The van der Waals surface area contributed by atoms with Crippen LogP contribution in [0.5, 0.6) is 0 Å². The highest BCUT2D eigenvalue weighted by molar-refractivity contribution is 14.0. The van der Waals surface area contributed by atoms with E-state index in [-0.39, 0.29) is 24.0 Å². The lowest BCUT2D eigenvalue weighted by molar-refractivity contribution is 0.130. The monoisotopic (exact) mass is 387 g/mol. The summed E-state index contributed by atoms with van der Waals surface area (Å²) in [5.41, 5.74) is 0. The van der Waals surface area contributed by atoms with Gasteiger partial charge in [-0.05, 0) is 19.8 Å². The van der Waals surface area contributed by atoms with Gasteiger partial charge in [0, 0.05) is 40.0 Å². The Morgan fingerprint density at radius 3 is 2.42 bits per heavy atom. The molecule has 0 radical (unpaired) electrons. The molecule has 0 atom stereocenters. The molecular formula is C13H30IN3O2. The fourth-order valence-electron chi connectivity index (χ4n) is 1.32. The third-order valence-electron chi connectivity index (χ3n) is 2.30. The molecule has 0 spiro atoms. The number of rotatable bonds is 11. The molecule has 0 aliphatic rings. The van der Waals surface area contributed by atoms with Crippen molar-refractivity contribution in [2.24, 2.45) is 4.99 Å². The van der Waals surface area contributed by atoms with Gasteiger partial charge >= 0.3 is 0 Å². The van der Waals surface area contributed by atoms with Gasteiger partial charge in [0.25, 0.3) is 0 Å². The number of nitrogens with zero attached hydrogens (tertiary/aromatic N) is 1. The van der Waals surface area contributed by atoms with E-state index in [1.165, 1.54) is 6.42 Å². The number of aliphatic imine (C=N–C) groups is 1. The third-order valence-corrected chi connectivity index (χ3v) is 2.30. The molecule has 0 aromatic carbocycles. The zero-order valence-electron chi connectivity index (χ0n) is 12.5. The first-order valence-corrected chi connectivity index (χ1v) is 6.94. The van der Waals surface area contributed by atoms with Crippen molar-refractivity contribution in [3.05, 3.63) is 0 Å². The second-order valence-corrected chi connectivity index (χ2v) is 4.00. The summed E-state index contributed by atoms with van der Waals surface area (Å²) in [6.07, 6.45) is 3.29. The van der Waals surface area contributed by atoms with Crippen molar-refractivity contribution >= 4 is 29.9 Å². The lowest BCUT2D eigenvalue weighted by atomic mass is 10.4. The van der Waals surface area contributed by atoms with Crippen LogP contribution in [0.1, 0.15) is 33.1 Å². The summed E-state index contributed by atoms with van der Waals surface area (Å²) in [6.45, 7) is 9.00. The molecular weight excluding hydrogens is 357 g/mol. The zero-order valence-corrected chi connectivity index (χ0v) is 14.9. The van der Waals surface area contributed by atoms with Crippen LogP contribution in [0.25, 0.3) is 0 Å². The highest BCUT2D eigenvalue weighted by atomic mass is 127. The van der Waals surface area contributed by atoms with Crippen molar-refractivity contribution < 1.29 is 9.47 Å². The summed E-state index contributed by atoms with van der Waals surface area (Å²) < 4.78 is 10.5. The molecule has 0 aromatic rings. The topological polar surface area (TPSA) is 54.9 Å². The number of guanidine groups is 1. The normalized spacial score (nSPS) is 11.0. The second-order valence-electron chi connectivity index (χ2n) is 4.00. The van der Waals surface area contributed by atoms with Gasteiger partial charge in [-0.3, -0.25) is 4.99 Å². The molecule has 0 aliphatic heterocycles. The van der Waals surface area contributed by atoms with Crippen LogP contribution in [0.4, 0.5) is 0 Å². The average Bonchev–Trinajstić information content (AvgIpc) is 2.38. The van der Waals surface area contributed by atoms with E-state index < -0.39 is 0 Å². The van der Waals surface area contributed by atoms with Crippen molar-refractivity contribution in [3.63, 3.8) is 0 Å². The van der Waals surface area contributed by atoms with Crippen molar-refractivity contribution in [2.45, 2.75) is 33.1 Å². The van der Waals surface area contributed by atoms with Crippen molar-refractivity contribution in [2.75, 3.05) is 46.6 Å². The molecule has 0 heterocycles. The van der Waals surface area contributed by atoms with E-state index in [2.05, 4.69) is 29.5 Å². The smallest absolute Gasteiger partial charge is 0.191 e. The maximum atomic E-state index is 5.48. The Hall–Kier alpha value is -0.0800. The number of methoxy groups -OCH3 is 1. The standard InChI is InChI=1S/C13H29N3O2.HI/c1-4-6-10-18-11-7-8-15-13(14-5-2)16-9-12-17-3;/h4-12H2,1-3H3,(H2,14,15,16);1H. The predicted molar refractivity (Wildman–Crippen MR) is 91.6 cm³/mol. The Labute approximate surface area is 134 Å². The van der Waals surface area contributed by atoms with E-state index in [4.69, 9.17) is 9.47 Å². The molecule has 5 nitrogen and oxygen atoms in total. The van der Waals surface area contributed by atoms with Gasteiger partial charge in [0.05, 0.1) is 6.61 Å². The maximum absolute atomic E-state index is 5.48. The molecule has 0 unspecified atom stereocenters. The molecule has 6 heteroatoms. The van der Waals surface area contributed by atoms with Gasteiger partial charge in [0.1, 0.15) is 0 Å². The fraction of sp³-hybridized carbons (Fsp3) is 0.923. The number of hydrogen-bond acceptors (Lipinski definition) is 3. The van der Waals surface area contributed by atoms with E-state index in [9.17, 15) is 0 Å². The van der Waals surface area contributed by atoms with Gasteiger partial charge in [-0.1, -0.05) is 13.3 Å². The highest BCUT2D eigenvalue weighted by Gasteiger charge is 1.95. The first-order valence-electron chi connectivity index (χ1n) is 6.94. The Balaban J connectivity index is 0. The Morgan fingerprint density at radius 2 is 1.79 bits per heavy atom. The number of ether oxygens (including phenoxy) is 2. The first kappa shape index (κ1) is 21.2. The van der Waals surface area contributed by atoms with Gasteiger partial charge in [-0.15, -0.1) is 24.0 Å². The summed E-state index contributed by atoms with van der Waals surface area (Å²) in [6, 6.07) is 0. The quantitative estimate of drug-likeness (QED) is 0.247. The molecule has 116 valence electrons. The van der Waals surface area contributed by atoms with E-state index in [0.717, 1.165) is 51.6 Å². The van der Waals surface area contributed by atoms with E-state index in [1.807, 2.05) is 0 Å². The molecule has 0 bridgehead atoms. The van der Waals surface area contributed by atoms with Gasteiger partial charge in [-0.2, -0.15) is 0 Å². The number of nitrogens with one attached hydrogen (secondary N) is 2. The molecule has 0 aromatic heterocycles. The average molecular weight is 387 g/mol. The molecule has 0 aliphatic carbocycles. The van der Waals surface area contributed by atoms with Crippen LogP contribution in [-0.4, -0.2) is 52.5 Å². The highest BCUT2D eigenvalue weighted by Crippen LogP contribution is 1.90. The van der Waals surface area contributed by atoms with Crippen molar-refractivity contribution in [1.29, 1.82) is 0 Å². The molecule has 0 rings (SSSR count). The Morgan fingerprint density at radius 1 is 1.05 bits per heavy atom. The largest absolute Gasteiger partial charge is 0.383 e. The molecule has 2 N–H and O–H groups in total. The lowest BCUT2D eigenvalue weighted by Gasteiger charge is -2.10. The van der Waals surface area contributed by atoms with Gasteiger partial charge < -0.3 is 20.1 Å². The van der Waals surface area contributed by atoms with Crippen LogP contribution in [0, 0.1) is 0 Å². The van der Waals surface area contributed by atoms with Gasteiger partial charge in [0.2, 0.25) is 0 Å². The minimum atomic E-state index is 0. The third kappa shape index (κ3) is 15.9. The second kappa shape index (κ2) is 17.9. The van der Waals surface area contributed by atoms with Crippen LogP contribution in [0.15, 0.2) is 4.99 Å². The summed E-state index contributed by atoms with van der Waals surface area (Å²) >= 11 is 0. The van der Waals surface area contributed by atoms with Gasteiger partial charge in [0.15, 0.2) is 5.96 Å². The summed E-state index contributed by atoms with van der Waals surface area (Å²) in [7, 11) is 1.69. The van der Waals surface area contributed by atoms with Crippen LogP contribution >= 0.6 is 24.0 Å². The predicted octanol–water partition coefficient (Wildman–Crippen LogP) is 2.01. The summed E-state index contributed by atoms with van der Waals surface area (Å²) in [4.78, 5) is 4.46. The Bertz CT molecular complexity index is 204. The minimum absolute atomic E-state index is 0. The number of unbranched alkanes of at least 4 members (excludes halogenated alkanes) is 1. The maximum Gasteiger partial charge on any atom is 0.191 e. The lowest BCUT2D eigenvalue weighted by Crippen LogP contribution is -2.39. The van der Waals surface area contributed by atoms with E-state index in [1.54, 1.807) is 7.11 Å².